The number of pyridine rings is 1. The van der Waals surface area contributed by atoms with Crippen molar-refractivity contribution in [3.05, 3.63) is 80.6 Å². The highest BCUT2D eigenvalue weighted by atomic mass is 35.5. The molecule has 0 radical (unpaired) electrons. The van der Waals surface area contributed by atoms with Gasteiger partial charge in [0.25, 0.3) is 5.56 Å². The van der Waals surface area contributed by atoms with Gasteiger partial charge >= 0.3 is 6.18 Å². The number of hydrogen-bond donors (Lipinski definition) is 1. The molecule has 1 N–H and O–H groups in total. The summed E-state index contributed by atoms with van der Waals surface area (Å²) < 4.78 is 52.6. The molecule has 0 amide bonds. The SMILES string of the molecule is O=c1c(Cl)c(NC2CCCc3ccc(F)cc32)cnn1-c1ccc(C(F)(F)F)cn1. The normalized spacial score (nSPS) is 16.2. The summed E-state index contributed by atoms with van der Waals surface area (Å²) in [5.74, 6) is -0.443. The molecule has 10 heteroatoms. The lowest BCUT2D eigenvalue weighted by Crippen LogP contribution is -2.25. The highest BCUT2D eigenvalue weighted by molar-refractivity contribution is 6.33. The molecule has 2 heterocycles. The van der Waals surface area contributed by atoms with E-state index in [1.165, 1.54) is 18.3 Å². The molecule has 1 atom stereocenters. The summed E-state index contributed by atoms with van der Waals surface area (Å²) in [6.07, 6.45) is -0.177. The van der Waals surface area contributed by atoms with Gasteiger partial charge in [0.2, 0.25) is 0 Å². The van der Waals surface area contributed by atoms with Crippen LogP contribution in [0.5, 0.6) is 0 Å². The smallest absolute Gasteiger partial charge is 0.376 e. The van der Waals surface area contributed by atoms with Crippen molar-refractivity contribution in [1.82, 2.24) is 14.8 Å². The van der Waals surface area contributed by atoms with E-state index >= 15 is 0 Å². The van der Waals surface area contributed by atoms with E-state index in [-0.39, 0.29) is 28.4 Å². The van der Waals surface area contributed by atoms with Gasteiger partial charge in [0.1, 0.15) is 10.8 Å². The fourth-order valence-corrected chi connectivity index (χ4v) is 3.67. The van der Waals surface area contributed by atoms with E-state index in [1.807, 2.05) is 0 Å². The second-order valence-corrected chi connectivity index (χ2v) is 7.30. The van der Waals surface area contributed by atoms with Crippen LogP contribution in [-0.4, -0.2) is 14.8 Å². The van der Waals surface area contributed by atoms with Gasteiger partial charge in [-0.05, 0) is 54.7 Å². The Hall–Kier alpha value is -2.94. The molecule has 30 heavy (non-hydrogen) atoms. The maximum Gasteiger partial charge on any atom is 0.417 e. The minimum absolute atomic E-state index is 0.0912. The Bertz CT molecular complexity index is 1150. The summed E-state index contributed by atoms with van der Waals surface area (Å²) >= 11 is 6.21. The van der Waals surface area contributed by atoms with Crippen LogP contribution in [0.1, 0.15) is 35.6 Å². The van der Waals surface area contributed by atoms with Crippen molar-refractivity contribution in [1.29, 1.82) is 0 Å². The van der Waals surface area contributed by atoms with Gasteiger partial charge in [0.05, 0.1) is 23.5 Å². The molecule has 156 valence electrons. The molecule has 1 aliphatic carbocycles. The Balaban J connectivity index is 1.63. The van der Waals surface area contributed by atoms with Gasteiger partial charge < -0.3 is 5.32 Å². The Morgan fingerprint density at radius 2 is 1.97 bits per heavy atom. The summed E-state index contributed by atoms with van der Waals surface area (Å²) in [4.78, 5) is 16.3. The number of nitrogens with zero attached hydrogens (tertiary/aromatic N) is 3. The predicted molar refractivity (Wildman–Crippen MR) is 103 cm³/mol. The van der Waals surface area contributed by atoms with E-state index in [0.717, 1.165) is 47.2 Å². The lowest BCUT2D eigenvalue weighted by Gasteiger charge is -2.27. The van der Waals surface area contributed by atoms with Gasteiger partial charge in [-0.15, -0.1) is 0 Å². The van der Waals surface area contributed by atoms with Gasteiger partial charge in [-0.25, -0.2) is 9.37 Å². The molecule has 2 aromatic heterocycles. The fourth-order valence-electron chi connectivity index (χ4n) is 3.48. The molecular weight excluding hydrogens is 424 g/mol. The molecule has 1 aliphatic rings. The summed E-state index contributed by atoms with van der Waals surface area (Å²) in [5.41, 5.74) is 0.403. The van der Waals surface area contributed by atoms with E-state index in [1.54, 1.807) is 6.07 Å². The molecule has 5 nitrogen and oxygen atoms in total. The Morgan fingerprint density at radius 1 is 1.17 bits per heavy atom. The molecule has 1 unspecified atom stereocenters. The summed E-state index contributed by atoms with van der Waals surface area (Å²) in [7, 11) is 0. The first-order valence-electron chi connectivity index (χ1n) is 9.10. The number of nitrogens with one attached hydrogen (secondary N) is 1. The molecule has 3 aromatic rings. The van der Waals surface area contributed by atoms with Gasteiger partial charge in [-0.3, -0.25) is 4.79 Å². The zero-order valence-electron chi connectivity index (χ0n) is 15.4. The van der Waals surface area contributed by atoms with Crippen molar-refractivity contribution in [2.75, 3.05) is 5.32 Å². The monoisotopic (exact) mass is 438 g/mol. The Labute approximate surface area is 173 Å². The average Bonchev–Trinajstić information content (AvgIpc) is 2.71. The maximum absolute atomic E-state index is 13.7. The fraction of sp³-hybridized carbons (Fsp3) is 0.250. The number of fused-ring (bicyclic) bond motifs is 1. The maximum atomic E-state index is 13.7. The molecule has 0 spiro atoms. The number of benzene rings is 1. The lowest BCUT2D eigenvalue weighted by molar-refractivity contribution is -0.137. The number of anilines is 1. The highest BCUT2D eigenvalue weighted by Crippen LogP contribution is 2.34. The highest BCUT2D eigenvalue weighted by Gasteiger charge is 2.31. The second-order valence-electron chi connectivity index (χ2n) is 6.92. The topological polar surface area (TPSA) is 59.8 Å². The minimum atomic E-state index is -4.54. The van der Waals surface area contributed by atoms with E-state index in [9.17, 15) is 22.4 Å². The van der Waals surface area contributed by atoms with Crippen LogP contribution in [0.25, 0.3) is 5.82 Å². The van der Waals surface area contributed by atoms with Crippen molar-refractivity contribution < 1.29 is 17.6 Å². The molecular formula is C20H15ClF4N4O. The largest absolute Gasteiger partial charge is 0.417 e. The van der Waals surface area contributed by atoms with Crippen molar-refractivity contribution >= 4 is 17.3 Å². The van der Waals surface area contributed by atoms with Crippen LogP contribution in [0.3, 0.4) is 0 Å². The molecule has 0 aliphatic heterocycles. The average molecular weight is 439 g/mol. The van der Waals surface area contributed by atoms with Gasteiger partial charge in [-0.1, -0.05) is 17.7 Å². The first-order chi connectivity index (χ1) is 14.2. The van der Waals surface area contributed by atoms with Crippen LogP contribution < -0.4 is 10.9 Å². The van der Waals surface area contributed by atoms with Crippen LogP contribution in [0.4, 0.5) is 23.2 Å². The van der Waals surface area contributed by atoms with Crippen LogP contribution in [0.15, 0.2) is 47.5 Å². The standard InChI is InChI=1S/C20H15ClF4N4O/c21-18-16(28-15-3-1-2-11-4-6-13(22)8-14(11)15)10-27-29(19(18)30)17-7-5-12(9-26-17)20(23,24)25/h4-10,15,28H,1-3H2. The molecule has 0 fully saturated rings. The van der Waals surface area contributed by atoms with Gasteiger partial charge in [0, 0.05) is 6.20 Å². The first kappa shape index (κ1) is 20.3. The van der Waals surface area contributed by atoms with Crippen molar-refractivity contribution in [3.8, 4) is 5.82 Å². The molecule has 1 aromatic carbocycles. The summed E-state index contributed by atoms with van der Waals surface area (Å²) in [6.45, 7) is 0. The van der Waals surface area contributed by atoms with Gasteiger partial charge in [-0.2, -0.15) is 23.0 Å². The van der Waals surface area contributed by atoms with Gasteiger partial charge in [0.15, 0.2) is 5.82 Å². The van der Waals surface area contributed by atoms with Crippen LogP contribution in [0.2, 0.25) is 5.02 Å². The molecule has 0 saturated carbocycles. The number of halogens is 5. The van der Waals surface area contributed by atoms with E-state index in [4.69, 9.17) is 11.6 Å². The molecule has 0 bridgehead atoms. The zero-order valence-corrected chi connectivity index (χ0v) is 16.1. The van der Waals surface area contributed by atoms with Crippen LogP contribution >= 0.6 is 11.6 Å². The predicted octanol–water partition coefficient (Wildman–Crippen LogP) is 4.93. The van der Waals surface area contributed by atoms with E-state index in [0.29, 0.717) is 6.20 Å². The number of aryl methyl sites for hydroxylation is 1. The van der Waals surface area contributed by atoms with Crippen LogP contribution in [0, 0.1) is 5.82 Å². The Morgan fingerprint density at radius 3 is 2.67 bits per heavy atom. The van der Waals surface area contributed by atoms with Crippen molar-refractivity contribution in [2.45, 2.75) is 31.5 Å². The zero-order chi connectivity index (χ0) is 21.5. The minimum Gasteiger partial charge on any atom is -0.376 e. The number of alkyl halides is 3. The first-order valence-corrected chi connectivity index (χ1v) is 9.48. The van der Waals surface area contributed by atoms with Crippen LogP contribution in [-0.2, 0) is 12.6 Å². The number of aromatic nitrogens is 3. The van der Waals surface area contributed by atoms with E-state index < -0.39 is 17.3 Å². The van der Waals surface area contributed by atoms with Crippen molar-refractivity contribution in [3.63, 3.8) is 0 Å². The summed E-state index contributed by atoms with van der Waals surface area (Å²) in [6, 6.07) is 6.22. The number of rotatable bonds is 3. The molecule has 4 rings (SSSR count). The third-order valence-corrected chi connectivity index (χ3v) is 5.33. The van der Waals surface area contributed by atoms with E-state index in [2.05, 4.69) is 15.4 Å². The molecule has 0 saturated heterocycles. The second kappa shape index (κ2) is 7.71. The van der Waals surface area contributed by atoms with Crippen molar-refractivity contribution in [2.24, 2.45) is 0 Å². The number of hydrogen-bond acceptors (Lipinski definition) is 4. The third-order valence-electron chi connectivity index (χ3n) is 4.96. The summed E-state index contributed by atoms with van der Waals surface area (Å²) in [5, 5.41) is 6.93. The third kappa shape index (κ3) is 3.89. The lowest BCUT2D eigenvalue weighted by atomic mass is 9.87. The Kier molecular flexibility index (Phi) is 5.23. The quantitative estimate of drug-likeness (QED) is 0.589.